The lowest BCUT2D eigenvalue weighted by Crippen LogP contribution is -2.40. The number of likely N-dealkylation sites (tertiary alicyclic amines) is 1. The van der Waals surface area contributed by atoms with Crippen LogP contribution in [-0.2, 0) is 4.74 Å². The van der Waals surface area contributed by atoms with Gasteiger partial charge in [-0.1, -0.05) is 36.8 Å². The maximum absolute atomic E-state index is 5.52. The second-order valence-corrected chi connectivity index (χ2v) is 6.11. The van der Waals surface area contributed by atoms with Gasteiger partial charge >= 0.3 is 0 Å². The van der Waals surface area contributed by atoms with E-state index in [4.69, 9.17) is 4.74 Å². The Balaban J connectivity index is 1.91. The van der Waals surface area contributed by atoms with Crippen LogP contribution in [0.3, 0.4) is 0 Å². The van der Waals surface area contributed by atoms with Crippen LogP contribution in [0.4, 0.5) is 0 Å². The van der Waals surface area contributed by atoms with E-state index in [0.29, 0.717) is 12.1 Å². The van der Waals surface area contributed by atoms with Crippen molar-refractivity contribution in [2.45, 2.75) is 45.3 Å². The molecule has 21 heavy (non-hydrogen) atoms. The van der Waals surface area contributed by atoms with Crippen molar-refractivity contribution >= 4 is 0 Å². The summed E-state index contributed by atoms with van der Waals surface area (Å²) in [5.41, 5.74) is 2.75. The summed E-state index contributed by atoms with van der Waals surface area (Å²) in [6, 6.07) is 9.34. The van der Waals surface area contributed by atoms with Crippen LogP contribution in [0.5, 0.6) is 0 Å². The Hall–Kier alpha value is -0.900. The van der Waals surface area contributed by atoms with E-state index in [2.05, 4.69) is 48.3 Å². The highest BCUT2D eigenvalue weighted by molar-refractivity contribution is 5.25. The maximum Gasteiger partial charge on any atom is 0.0698 e. The predicted molar refractivity (Wildman–Crippen MR) is 88.7 cm³/mol. The minimum absolute atomic E-state index is 0.426. The molecule has 2 unspecified atom stereocenters. The van der Waals surface area contributed by atoms with Crippen molar-refractivity contribution < 1.29 is 4.74 Å². The zero-order valence-corrected chi connectivity index (χ0v) is 13.8. The topological polar surface area (TPSA) is 24.5 Å². The molecule has 1 aliphatic heterocycles. The summed E-state index contributed by atoms with van der Waals surface area (Å²) < 4.78 is 5.52. The Morgan fingerprint density at radius 1 is 1.43 bits per heavy atom. The van der Waals surface area contributed by atoms with Gasteiger partial charge in [-0.25, -0.2) is 0 Å². The summed E-state index contributed by atoms with van der Waals surface area (Å²) in [4.78, 5) is 2.55. The molecular formula is C18H30N2O. The quantitative estimate of drug-likeness (QED) is 0.835. The molecule has 0 bridgehead atoms. The molecule has 0 radical (unpaired) electrons. The molecule has 1 aliphatic rings. The monoisotopic (exact) mass is 290 g/mol. The molecule has 3 nitrogen and oxygen atoms in total. The third-order valence-electron chi connectivity index (χ3n) is 4.42. The first-order valence-corrected chi connectivity index (χ1v) is 8.28. The molecule has 1 aromatic rings. The highest BCUT2D eigenvalue weighted by Gasteiger charge is 2.20. The predicted octanol–water partition coefficient (Wildman–Crippen LogP) is 3.15. The number of rotatable bonds is 7. The standard InChI is InChI=1S/C18H30N2O/c1-4-19-18(16-8-5-7-15(2)13-16)10-12-20-11-6-9-17(14-20)21-3/h5,7-8,13,17-19H,4,6,9-12,14H2,1-3H3. The van der Waals surface area contributed by atoms with Crippen LogP contribution in [0, 0.1) is 6.92 Å². The van der Waals surface area contributed by atoms with E-state index in [9.17, 15) is 0 Å². The largest absolute Gasteiger partial charge is 0.380 e. The van der Waals surface area contributed by atoms with Crippen LogP contribution in [-0.4, -0.2) is 44.3 Å². The van der Waals surface area contributed by atoms with Gasteiger partial charge in [-0.2, -0.15) is 0 Å². The van der Waals surface area contributed by atoms with Crippen molar-refractivity contribution in [2.24, 2.45) is 0 Å². The van der Waals surface area contributed by atoms with Crippen molar-refractivity contribution in [3.8, 4) is 0 Å². The molecule has 1 fully saturated rings. The zero-order chi connectivity index (χ0) is 15.1. The lowest BCUT2D eigenvalue weighted by atomic mass is 10.0. The molecule has 1 aromatic carbocycles. The Morgan fingerprint density at radius 3 is 3.00 bits per heavy atom. The molecule has 2 rings (SSSR count). The number of ether oxygens (including phenoxy) is 1. The SMILES string of the molecule is CCNC(CCN1CCCC(OC)C1)c1cccc(C)c1. The number of methoxy groups -OCH3 is 1. The lowest BCUT2D eigenvalue weighted by Gasteiger charge is -2.33. The molecule has 0 saturated carbocycles. The number of nitrogens with one attached hydrogen (secondary N) is 1. The molecular weight excluding hydrogens is 260 g/mol. The average molecular weight is 290 g/mol. The van der Waals surface area contributed by atoms with E-state index in [-0.39, 0.29) is 0 Å². The first-order valence-electron chi connectivity index (χ1n) is 8.28. The number of hydrogen-bond donors (Lipinski definition) is 1. The smallest absolute Gasteiger partial charge is 0.0698 e. The summed E-state index contributed by atoms with van der Waals surface area (Å²) in [5, 5.41) is 3.63. The molecule has 3 heteroatoms. The van der Waals surface area contributed by atoms with E-state index >= 15 is 0 Å². The second kappa shape index (κ2) is 8.52. The molecule has 0 aliphatic carbocycles. The van der Waals surface area contributed by atoms with Crippen molar-refractivity contribution in [1.82, 2.24) is 10.2 Å². The summed E-state index contributed by atoms with van der Waals surface area (Å²) in [6.07, 6.45) is 4.06. The Bertz CT molecular complexity index is 421. The van der Waals surface area contributed by atoms with E-state index in [0.717, 1.165) is 26.1 Å². The summed E-state index contributed by atoms with van der Waals surface area (Å²) in [5.74, 6) is 0. The van der Waals surface area contributed by atoms with Gasteiger partial charge in [0, 0.05) is 26.2 Å². The van der Waals surface area contributed by atoms with Gasteiger partial charge in [0.25, 0.3) is 0 Å². The van der Waals surface area contributed by atoms with E-state index in [1.54, 1.807) is 0 Å². The third-order valence-corrected chi connectivity index (χ3v) is 4.42. The van der Waals surface area contributed by atoms with Crippen LogP contribution in [0.25, 0.3) is 0 Å². The van der Waals surface area contributed by atoms with Gasteiger partial charge in [0.15, 0.2) is 0 Å². The highest BCUT2D eigenvalue weighted by atomic mass is 16.5. The summed E-state index contributed by atoms with van der Waals surface area (Å²) >= 11 is 0. The number of piperidine rings is 1. The van der Waals surface area contributed by atoms with Crippen molar-refractivity contribution in [2.75, 3.05) is 33.3 Å². The fourth-order valence-corrected chi connectivity index (χ4v) is 3.24. The average Bonchev–Trinajstić information content (AvgIpc) is 2.51. The van der Waals surface area contributed by atoms with Crippen LogP contribution in [0.15, 0.2) is 24.3 Å². The first kappa shape index (κ1) is 16.5. The minimum Gasteiger partial charge on any atom is -0.380 e. The molecule has 0 spiro atoms. The normalized spacial score (nSPS) is 21.4. The van der Waals surface area contributed by atoms with Crippen molar-refractivity contribution in [3.63, 3.8) is 0 Å². The Morgan fingerprint density at radius 2 is 2.29 bits per heavy atom. The zero-order valence-electron chi connectivity index (χ0n) is 13.8. The van der Waals surface area contributed by atoms with Gasteiger partial charge in [0.1, 0.15) is 0 Å². The maximum atomic E-state index is 5.52. The fraction of sp³-hybridized carbons (Fsp3) is 0.667. The molecule has 2 atom stereocenters. The van der Waals surface area contributed by atoms with E-state index in [1.807, 2.05) is 7.11 Å². The van der Waals surface area contributed by atoms with Crippen LogP contribution >= 0.6 is 0 Å². The van der Waals surface area contributed by atoms with Gasteiger partial charge in [0.2, 0.25) is 0 Å². The number of nitrogens with zero attached hydrogens (tertiary/aromatic N) is 1. The van der Waals surface area contributed by atoms with Crippen LogP contribution in [0.1, 0.15) is 43.4 Å². The minimum atomic E-state index is 0.426. The molecule has 118 valence electrons. The Labute approximate surface area is 129 Å². The van der Waals surface area contributed by atoms with E-state index in [1.165, 1.54) is 30.5 Å². The fourth-order valence-electron chi connectivity index (χ4n) is 3.24. The molecule has 0 aromatic heterocycles. The van der Waals surface area contributed by atoms with Crippen molar-refractivity contribution in [1.29, 1.82) is 0 Å². The highest BCUT2D eigenvalue weighted by Crippen LogP contribution is 2.20. The molecule has 1 saturated heterocycles. The van der Waals surface area contributed by atoms with Crippen molar-refractivity contribution in [3.05, 3.63) is 35.4 Å². The summed E-state index contributed by atoms with van der Waals surface area (Å²) in [6.45, 7) is 8.81. The number of benzene rings is 1. The van der Waals surface area contributed by atoms with Crippen LogP contribution in [0.2, 0.25) is 0 Å². The molecule has 0 amide bonds. The van der Waals surface area contributed by atoms with Gasteiger partial charge < -0.3 is 15.0 Å². The summed E-state index contributed by atoms with van der Waals surface area (Å²) in [7, 11) is 1.84. The van der Waals surface area contributed by atoms with Gasteiger partial charge in [-0.15, -0.1) is 0 Å². The van der Waals surface area contributed by atoms with Crippen LogP contribution < -0.4 is 5.32 Å². The molecule has 1 N–H and O–H groups in total. The van der Waals surface area contributed by atoms with Gasteiger partial charge in [0.05, 0.1) is 6.10 Å². The van der Waals surface area contributed by atoms with Gasteiger partial charge in [-0.05, 0) is 44.8 Å². The first-order chi connectivity index (χ1) is 10.2. The van der Waals surface area contributed by atoms with Gasteiger partial charge in [-0.3, -0.25) is 0 Å². The number of hydrogen-bond acceptors (Lipinski definition) is 3. The third kappa shape index (κ3) is 5.10. The lowest BCUT2D eigenvalue weighted by molar-refractivity contribution is 0.0301. The number of aryl methyl sites for hydroxylation is 1. The molecule has 1 heterocycles. The Kier molecular flexibility index (Phi) is 6.68. The second-order valence-electron chi connectivity index (χ2n) is 6.11. The van der Waals surface area contributed by atoms with E-state index < -0.39 is 0 Å².